The quantitative estimate of drug-likeness (QED) is 0.455. The molecule has 90 valence electrons. The molecule has 0 aromatic carbocycles. The molecule has 0 aliphatic carbocycles. The lowest BCUT2D eigenvalue weighted by atomic mass is 10.1. The molecule has 0 bridgehead atoms. The van der Waals surface area contributed by atoms with Crippen molar-refractivity contribution in [2.75, 3.05) is 11.2 Å². The maximum absolute atomic E-state index is 5.68. The topological polar surface area (TPSA) is 0 Å². The van der Waals surface area contributed by atoms with Gasteiger partial charge < -0.3 is 0 Å². The minimum absolute atomic E-state index is 0.500. The largest absolute Gasteiger partial charge is 0.122 e. The van der Waals surface area contributed by atoms with Crippen LogP contribution >= 0.6 is 27.5 Å². The van der Waals surface area contributed by atoms with E-state index < -0.39 is 0 Å². The van der Waals surface area contributed by atoms with Gasteiger partial charge in [0.05, 0.1) is 0 Å². The molecule has 0 atom stereocenters. The van der Waals surface area contributed by atoms with Crippen molar-refractivity contribution in [3.05, 3.63) is 47.1 Å². The van der Waals surface area contributed by atoms with Gasteiger partial charge in [-0.1, -0.05) is 51.9 Å². The molecule has 0 amide bonds. The minimum Gasteiger partial charge on any atom is -0.122 e. The van der Waals surface area contributed by atoms with Gasteiger partial charge in [-0.3, -0.25) is 0 Å². The van der Waals surface area contributed by atoms with Gasteiger partial charge in [0.25, 0.3) is 0 Å². The summed E-state index contributed by atoms with van der Waals surface area (Å²) in [6, 6.07) is 0. The third kappa shape index (κ3) is 7.95. The van der Waals surface area contributed by atoms with Crippen LogP contribution in [0.5, 0.6) is 0 Å². The molecule has 0 nitrogen and oxygen atoms in total. The van der Waals surface area contributed by atoms with Crippen LogP contribution in [0.3, 0.4) is 0 Å². The molecule has 0 aromatic heterocycles. The molecule has 0 fully saturated rings. The van der Waals surface area contributed by atoms with Crippen molar-refractivity contribution in [3.8, 4) is 0 Å². The summed E-state index contributed by atoms with van der Waals surface area (Å²) in [6.07, 6.45) is 7.42. The second-order valence-corrected chi connectivity index (χ2v) is 4.95. The molecule has 0 saturated heterocycles. The standard InChI is InChI=1S/C14H20BrCl/c1-11(2)7-14(9-15)6-5-12(3)8-13(4)10-16/h6-8H,4-5,9-10H2,1-3H3. The van der Waals surface area contributed by atoms with E-state index in [1.54, 1.807) is 0 Å². The van der Waals surface area contributed by atoms with Gasteiger partial charge >= 0.3 is 0 Å². The minimum atomic E-state index is 0.500. The summed E-state index contributed by atoms with van der Waals surface area (Å²) in [5, 5.41) is 0.891. The van der Waals surface area contributed by atoms with E-state index in [0.29, 0.717) is 5.88 Å². The Hall–Kier alpha value is -0.270. The molecule has 0 rings (SSSR count). The molecule has 0 N–H and O–H groups in total. The van der Waals surface area contributed by atoms with Crippen molar-refractivity contribution < 1.29 is 0 Å². The highest BCUT2D eigenvalue weighted by molar-refractivity contribution is 9.09. The summed E-state index contributed by atoms with van der Waals surface area (Å²) in [4.78, 5) is 0. The Kier molecular flexibility index (Phi) is 8.68. The highest BCUT2D eigenvalue weighted by Gasteiger charge is 1.93. The van der Waals surface area contributed by atoms with E-state index in [2.05, 4.69) is 61.5 Å². The highest BCUT2D eigenvalue weighted by Crippen LogP contribution is 2.12. The van der Waals surface area contributed by atoms with Gasteiger partial charge in [0.2, 0.25) is 0 Å². The first kappa shape index (κ1) is 15.7. The summed E-state index contributed by atoms with van der Waals surface area (Å²) in [5.41, 5.74) is 4.88. The summed E-state index contributed by atoms with van der Waals surface area (Å²) in [5.74, 6) is 0.500. The van der Waals surface area contributed by atoms with Gasteiger partial charge in [-0.25, -0.2) is 0 Å². The molecule has 0 radical (unpaired) electrons. The Morgan fingerprint density at radius 2 is 1.88 bits per heavy atom. The van der Waals surface area contributed by atoms with Crippen molar-refractivity contribution in [2.24, 2.45) is 0 Å². The molecule has 0 aromatic rings. The second-order valence-electron chi connectivity index (χ2n) is 4.12. The highest BCUT2D eigenvalue weighted by atomic mass is 79.9. The second kappa shape index (κ2) is 8.83. The Morgan fingerprint density at radius 3 is 2.31 bits per heavy atom. The van der Waals surface area contributed by atoms with Crippen molar-refractivity contribution in [1.29, 1.82) is 0 Å². The van der Waals surface area contributed by atoms with Crippen LogP contribution in [0.1, 0.15) is 27.2 Å². The monoisotopic (exact) mass is 302 g/mol. The van der Waals surface area contributed by atoms with Gasteiger partial charge in [-0.2, -0.15) is 0 Å². The Balaban J connectivity index is 4.50. The molecule has 0 spiro atoms. The number of alkyl halides is 2. The molecular formula is C14H20BrCl. The number of halogens is 2. The van der Waals surface area contributed by atoms with Crippen LogP contribution in [0.15, 0.2) is 47.1 Å². The van der Waals surface area contributed by atoms with Crippen LogP contribution in [-0.4, -0.2) is 11.2 Å². The summed E-state index contributed by atoms with van der Waals surface area (Å²) >= 11 is 9.17. The van der Waals surface area contributed by atoms with Crippen LogP contribution in [0.4, 0.5) is 0 Å². The molecule has 16 heavy (non-hydrogen) atoms. The number of hydrogen-bond acceptors (Lipinski definition) is 0. The van der Waals surface area contributed by atoms with Gasteiger partial charge in [-0.15, -0.1) is 11.6 Å². The first-order valence-electron chi connectivity index (χ1n) is 5.30. The Morgan fingerprint density at radius 1 is 1.25 bits per heavy atom. The molecule has 0 saturated carbocycles. The van der Waals surface area contributed by atoms with Gasteiger partial charge in [-0.05, 0) is 38.3 Å². The number of hydrogen-bond donors (Lipinski definition) is 0. The predicted octanol–water partition coefficient (Wildman–Crippen LogP) is 5.41. The van der Waals surface area contributed by atoms with Crippen LogP contribution in [0.2, 0.25) is 0 Å². The predicted molar refractivity (Wildman–Crippen MR) is 79.5 cm³/mol. The molecule has 0 aliphatic heterocycles. The van der Waals surface area contributed by atoms with Gasteiger partial charge in [0, 0.05) is 11.2 Å². The van der Waals surface area contributed by atoms with Crippen molar-refractivity contribution in [1.82, 2.24) is 0 Å². The van der Waals surface area contributed by atoms with E-state index in [-0.39, 0.29) is 0 Å². The maximum atomic E-state index is 5.68. The van der Waals surface area contributed by atoms with Crippen LogP contribution < -0.4 is 0 Å². The first-order chi connectivity index (χ1) is 7.49. The van der Waals surface area contributed by atoms with E-state index in [4.69, 9.17) is 11.6 Å². The third-order valence-electron chi connectivity index (χ3n) is 1.94. The summed E-state index contributed by atoms with van der Waals surface area (Å²) < 4.78 is 0. The lowest BCUT2D eigenvalue weighted by Crippen LogP contribution is -1.84. The molecule has 2 heteroatoms. The average Bonchev–Trinajstić information content (AvgIpc) is 2.23. The van der Waals surface area contributed by atoms with E-state index in [9.17, 15) is 0 Å². The smallest absolute Gasteiger partial charge is 0.0468 e. The Bertz CT molecular complexity index is 318. The fourth-order valence-corrected chi connectivity index (χ4v) is 1.73. The molecule has 0 aliphatic rings. The SMILES string of the molecule is C=C(C=C(C)CC=C(C=C(C)C)CBr)CCl. The van der Waals surface area contributed by atoms with E-state index in [1.807, 2.05) is 0 Å². The zero-order chi connectivity index (χ0) is 12.6. The van der Waals surface area contributed by atoms with Crippen molar-refractivity contribution >= 4 is 27.5 Å². The van der Waals surface area contributed by atoms with E-state index in [1.165, 1.54) is 16.7 Å². The molecular weight excluding hydrogens is 284 g/mol. The Labute approximate surface area is 113 Å². The van der Waals surface area contributed by atoms with E-state index in [0.717, 1.165) is 17.3 Å². The van der Waals surface area contributed by atoms with Gasteiger partial charge in [0.15, 0.2) is 0 Å². The number of rotatable bonds is 6. The van der Waals surface area contributed by atoms with Crippen LogP contribution in [0.25, 0.3) is 0 Å². The lowest BCUT2D eigenvalue weighted by Gasteiger charge is -2.01. The fourth-order valence-electron chi connectivity index (χ4n) is 1.26. The first-order valence-corrected chi connectivity index (χ1v) is 6.96. The normalized spacial score (nSPS) is 12.6. The summed E-state index contributed by atoms with van der Waals surface area (Å²) in [6.45, 7) is 10.2. The molecule has 0 unspecified atom stereocenters. The van der Waals surface area contributed by atoms with Crippen molar-refractivity contribution in [3.63, 3.8) is 0 Å². The van der Waals surface area contributed by atoms with Gasteiger partial charge in [0.1, 0.15) is 0 Å². The van der Waals surface area contributed by atoms with Crippen molar-refractivity contribution in [2.45, 2.75) is 27.2 Å². The fraction of sp³-hybridized carbons (Fsp3) is 0.429. The molecule has 0 heterocycles. The average molecular weight is 304 g/mol. The zero-order valence-corrected chi connectivity index (χ0v) is 12.7. The van der Waals surface area contributed by atoms with Crippen LogP contribution in [-0.2, 0) is 0 Å². The number of allylic oxidation sites excluding steroid dienone is 7. The maximum Gasteiger partial charge on any atom is 0.0468 e. The zero-order valence-electron chi connectivity index (χ0n) is 10.3. The van der Waals surface area contributed by atoms with E-state index >= 15 is 0 Å². The van der Waals surface area contributed by atoms with Crippen LogP contribution in [0, 0.1) is 0 Å². The lowest BCUT2D eigenvalue weighted by molar-refractivity contribution is 1.18. The third-order valence-corrected chi connectivity index (χ3v) is 2.93. The summed E-state index contributed by atoms with van der Waals surface area (Å²) in [7, 11) is 0.